The van der Waals surface area contributed by atoms with E-state index in [2.05, 4.69) is 0 Å². The van der Waals surface area contributed by atoms with Crippen molar-refractivity contribution >= 4 is 0 Å². The highest BCUT2D eigenvalue weighted by atomic mass is 16.4. The zero-order chi connectivity index (χ0) is 17.3. The van der Waals surface area contributed by atoms with Gasteiger partial charge in [0.1, 0.15) is 11.2 Å². The van der Waals surface area contributed by atoms with E-state index < -0.39 is 11.2 Å². The second-order valence-electron chi connectivity index (χ2n) is 6.86. The van der Waals surface area contributed by atoms with Crippen LogP contribution in [0.5, 0.6) is 0 Å². The minimum Gasteiger partial charge on any atom is -0.382 e. The third kappa shape index (κ3) is 2.41. The topological polar surface area (TPSA) is 40.5 Å². The number of rotatable bonds is 3. The van der Waals surface area contributed by atoms with E-state index in [9.17, 15) is 10.2 Å². The molecule has 1 saturated carbocycles. The van der Waals surface area contributed by atoms with Crippen LogP contribution in [0.1, 0.15) is 35.4 Å². The van der Waals surface area contributed by atoms with E-state index in [1.54, 1.807) is 0 Å². The van der Waals surface area contributed by atoms with Crippen LogP contribution in [-0.2, 0) is 11.2 Å². The van der Waals surface area contributed by atoms with Gasteiger partial charge in [-0.15, -0.1) is 0 Å². The van der Waals surface area contributed by atoms with Crippen molar-refractivity contribution < 1.29 is 10.2 Å². The lowest BCUT2D eigenvalue weighted by Gasteiger charge is -2.42. The van der Waals surface area contributed by atoms with Crippen molar-refractivity contribution in [1.82, 2.24) is 0 Å². The van der Waals surface area contributed by atoms with Crippen LogP contribution in [0.4, 0.5) is 0 Å². The molecule has 3 aromatic carbocycles. The molecule has 0 radical (unpaired) electrons. The monoisotopic (exact) mass is 330 g/mol. The van der Waals surface area contributed by atoms with Crippen LogP contribution in [0.2, 0.25) is 0 Å². The Morgan fingerprint density at radius 1 is 0.640 bits per heavy atom. The summed E-state index contributed by atoms with van der Waals surface area (Å²) in [6, 6.07) is 29.2. The summed E-state index contributed by atoms with van der Waals surface area (Å²) in [5, 5.41) is 23.7. The Balaban J connectivity index is 1.92. The predicted octanol–water partition coefficient (Wildman–Crippen LogP) is 4.34. The predicted molar refractivity (Wildman–Crippen MR) is 99.1 cm³/mol. The molecule has 0 amide bonds. The van der Waals surface area contributed by atoms with Gasteiger partial charge in [-0.05, 0) is 29.5 Å². The lowest BCUT2D eigenvalue weighted by Crippen LogP contribution is -2.48. The van der Waals surface area contributed by atoms with E-state index in [-0.39, 0.29) is 5.92 Å². The molecule has 2 N–H and O–H groups in total. The number of hydrogen-bond acceptors (Lipinski definition) is 2. The molecule has 126 valence electrons. The smallest absolute Gasteiger partial charge is 0.129 e. The Morgan fingerprint density at radius 2 is 1.12 bits per heavy atom. The molecular weight excluding hydrogens is 308 g/mol. The average Bonchev–Trinajstić information content (AvgIpc) is 2.97. The lowest BCUT2D eigenvalue weighted by atomic mass is 9.70. The second kappa shape index (κ2) is 6.14. The molecule has 0 unspecified atom stereocenters. The number of aliphatic hydroxyl groups is 2. The summed E-state index contributed by atoms with van der Waals surface area (Å²) in [6.07, 6.45) is 1.24. The summed E-state index contributed by atoms with van der Waals surface area (Å²) < 4.78 is 0. The van der Waals surface area contributed by atoms with Crippen LogP contribution in [0.25, 0.3) is 0 Å². The van der Waals surface area contributed by atoms with Gasteiger partial charge < -0.3 is 10.2 Å². The zero-order valence-electron chi connectivity index (χ0n) is 14.0. The molecule has 0 heterocycles. The zero-order valence-corrected chi connectivity index (χ0v) is 14.0. The first-order valence-corrected chi connectivity index (χ1v) is 8.77. The molecule has 0 aliphatic heterocycles. The molecule has 4 rings (SSSR count). The maximum Gasteiger partial charge on any atom is 0.129 e. The summed E-state index contributed by atoms with van der Waals surface area (Å²) in [7, 11) is 0. The highest BCUT2D eigenvalue weighted by Crippen LogP contribution is 2.59. The van der Waals surface area contributed by atoms with E-state index in [1.165, 1.54) is 0 Å². The standard InChI is InChI=1S/C23H22O2/c24-22(19-12-6-2-7-13-19)17-16-21(18-10-4-1-5-11-18)23(22,25)20-14-8-3-9-15-20/h1-15,21,24-25H,16-17H2/t21-,22-,23-/m0/s1. The van der Waals surface area contributed by atoms with Gasteiger partial charge in [0.15, 0.2) is 0 Å². The Bertz CT molecular complexity index is 832. The second-order valence-corrected chi connectivity index (χ2v) is 6.86. The Labute approximate surface area is 148 Å². The average molecular weight is 330 g/mol. The highest BCUT2D eigenvalue weighted by Gasteiger charge is 2.60. The molecular formula is C23H22O2. The molecule has 1 aliphatic rings. The third-order valence-corrected chi connectivity index (χ3v) is 5.60. The van der Waals surface area contributed by atoms with Gasteiger partial charge in [-0.25, -0.2) is 0 Å². The molecule has 2 nitrogen and oxygen atoms in total. The van der Waals surface area contributed by atoms with Crippen molar-refractivity contribution in [2.45, 2.75) is 30.0 Å². The SMILES string of the molecule is O[C@]1(c2ccccc2)CC[C@@H](c2ccccc2)[C@@]1(O)c1ccccc1. The molecule has 2 heteroatoms. The van der Waals surface area contributed by atoms with E-state index in [4.69, 9.17) is 0 Å². The largest absolute Gasteiger partial charge is 0.382 e. The van der Waals surface area contributed by atoms with E-state index in [1.807, 2.05) is 91.0 Å². The van der Waals surface area contributed by atoms with Crippen LogP contribution in [0.15, 0.2) is 91.0 Å². The maximum absolute atomic E-state index is 12.0. The molecule has 3 atom stereocenters. The number of hydrogen-bond donors (Lipinski definition) is 2. The summed E-state index contributed by atoms with van der Waals surface area (Å²) in [5.41, 5.74) is -0.124. The van der Waals surface area contributed by atoms with E-state index in [0.29, 0.717) is 6.42 Å². The lowest BCUT2D eigenvalue weighted by molar-refractivity contribution is -0.151. The molecule has 0 bridgehead atoms. The first kappa shape index (κ1) is 16.1. The van der Waals surface area contributed by atoms with Gasteiger partial charge in [0, 0.05) is 5.92 Å². The van der Waals surface area contributed by atoms with Crippen LogP contribution >= 0.6 is 0 Å². The fourth-order valence-corrected chi connectivity index (χ4v) is 4.34. The molecule has 3 aromatic rings. The molecule has 25 heavy (non-hydrogen) atoms. The van der Waals surface area contributed by atoms with Crippen LogP contribution in [-0.4, -0.2) is 10.2 Å². The van der Waals surface area contributed by atoms with E-state index in [0.717, 1.165) is 23.1 Å². The maximum atomic E-state index is 12.0. The number of benzene rings is 3. The van der Waals surface area contributed by atoms with Crippen LogP contribution in [0.3, 0.4) is 0 Å². The van der Waals surface area contributed by atoms with E-state index >= 15 is 0 Å². The van der Waals surface area contributed by atoms with Crippen molar-refractivity contribution in [3.8, 4) is 0 Å². The first-order chi connectivity index (χ1) is 12.2. The van der Waals surface area contributed by atoms with Gasteiger partial charge in [0.2, 0.25) is 0 Å². The van der Waals surface area contributed by atoms with Gasteiger partial charge in [-0.3, -0.25) is 0 Å². The van der Waals surface area contributed by atoms with Crippen molar-refractivity contribution in [3.05, 3.63) is 108 Å². The first-order valence-electron chi connectivity index (χ1n) is 8.77. The molecule has 0 aromatic heterocycles. The fraction of sp³-hybridized carbons (Fsp3) is 0.217. The Hall–Kier alpha value is -2.42. The Morgan fingerprint density at radius 3 is 1.68 bits per heavy atom. The van der Waals surface area contributed by atoms with Gasteiger partial charge in [-0.1, -0.05) is 91.0 Å². The van der Waals surface area contributed by atoms with Crippen molar-refractivity contribution in [1.29, 1.82) is 0 Å². The van der Waals surface area contributed by atoms with Gasteiger partial charge >= 0.3 is 0 Å². The van der Waals surface area contributed by atoms with Crippen molar-refractivity contribution in [2.24, 2.45) is 0 Å². The normalized spacial score (nSPS) is 28.8. The molecule has 1 aliphatic carbocycles. The third-order valence-electron chi connectivity index (χ3n) is 5.60. The Kier molecular flexibility index (Phi) is 3.95. The summed E-state index contributed by atoms with van der Waals surface area (Å²) in [5.74, 6) is -0.165. The highest BCUT2D eigenvalue weighted by molar-refractivity contribution is 5.41. The summed E-state index contributed by atoms with van der Waals surface area (Å²) >= 11 is 0. The van der Waals surface area contributed by atoms with Gasteiger partial charge in [0.25, 0.3) is 0 Å². The summed E-state index contributed by atoms with van der Waals surface area (Å²) in [4.78, 5) is 0. The van der Waals surface area contributed by atoms with Crippen LogP contribution < -0.4 is 0 Å². The molecule has 1 fully saturated rings. The quantitative estimate of drug-likeness (QED) is 0.750. The van der Waals surface area contributed by atoms with Crippen molar-refractivity contribution in [3.63, 3.8) is 0 Å². The minimum absolute atomic E-state index is 0.165. The van der Waals surface area contributed by atoms with Gasteiger partial charge in [0.05, 0.1) is 0 Å². The fourth-order valence-electron chi connectivity index (χ4n) is 4.34. The summed E-state index contributed by atoms with van der Waals surface area (Å²) in [6.45, 7) is 0. The molecule has 0 saturated heterocycles. The minimum atomic E-state index is -1.38. The van der Waals surface area contributed by atoms with Crippen LogP contribution in [0, 0.1) is 0 Å². The van der Waals surface area contributed by atoms with Gasteiger partial charge in [-0.2, -0.15) is 0 Å². The van der Waals surface area contributed by atoms with Crippen molar-refractivity contribution in [2.75, 3.05) is 0 Å². The molecule has 0 spiro atoms.